The van der Waals surface area contributed by atoms with Crippen molar-refractivity contribution in [1.29, 1.82) is 0 Å². The molecule has 0 saturated carbocycles. The first-order valence-corrected chi connectivity index (χ1v) is 5.27. The highest BCUT2D eigenvalue weighted by molar-refractivity contribution is 6.33. The molecule has 0 aliphatic heterocycles. The zero-order chi connectivity index (χ0) is 11.7. The van der Waals surface area contributed by atoms with Crippen LogP contribution < -0.4 is 4.90 Å². The van der Waals surface area contributed by atoms with Crippen molar-refractivity contribution in [3.63, 3.8) is 0 Å². The third-order valence-corrected chi connectivity index (χ3v) is 2.52. The highest BCUT2D eigenvalue weighted by Crippen LogP contribution is 2.26. The minimum absolute atomic E-state index is 0.633. The molecule has 5 heteroatoms. The minimum Gasteiger partial charge on any atom is -0.362 e. The van der Waals surface area contributed by atoms with Crippen LogP contribution in [0.1, 0.15) is 0 Å². The van der Waals surface area contributed by atoms with Crippen LogP contribution in [0.25, 0.3) is 11.3 Å². The maximum Gasteiger partial charge on any atom is 0.146 e. The van der Waals surface area contributed by atoms with Crippen molar-refractivity contribution >= 4 is 17.4 Å². The number of hydrogen-bond acceptors (Lipinski definition) is 3. The fourth-order valence-electron chi connectivity index (χ4n) is 1.46. The Labute approximate surface area is 99.5 Å². The first-order valence-electron chi connectivity index (χ1n) is 4.89. The van der Waals surface area contributed by atoms with E-state index in [1.807, 2.05) is 42.9 Å². The Morgan fingerprint density at radius 3 is 2.56 bits per heavy atom. The molecule has 2 aromatic rings. The molecular weight excluding hydrogens is 224 g/mol. The Hall–Kier alpha value is -1.55. The highest BCUT2D eigenvalue weighted by Gasteiger charge is 2.08. The van der Waals surface area contributed by atoms with Gasteiger partial charge in [0.1, 0.15) is 5.82 Å². The van der Waals surface area contributed by atoms with Crippen molar-refractivity contribution in [2.75, 3.05) is 19.0 Å². The summed E-state index contributed by atoms with van der Waals surface area (Å²) in [6.07, 6.45) is 5.47. The van der Waals surface area contributed by atoms with Crippen molar-refractivity contribution in [1.82, 2.24) is 14.5 Å². The van der Waals surface area contributed by atoms with Gasteiger partial charge in [0.05, 0.1) is 17.0 Å². The zero-order valence-electron chi connectivity index (χ0n) is 9.48. The number of nitrogens with zero attached hydrogens (tertiary/aromatic N) is 4. The van der Waals surface area contributed by atoms with Crippen LogP contribution in [-0.2, 0) is 7.05 Å². The van der Waals surface area contributed by atoms with Crippen molar-refractivity contribution in [3.8, 4) is 11.3 Å². The van der Waals surface area contributed by atoms with Gasteiger partial charge in [-0.15, -0.1) is 0 Å². The van der Waals surface area contributed by atoms with Crippen molar-refractivity contribution in [3.05, 3.63) is 29.8 Å². The summed E-state index contributed by atoms with van der Waals surface area (Å²) in [6, 6.07) is 1.88. The Morgan fingerprint density at radius 1 is 1.31 bits per heavy atom. The van der Waals surface area contributed by atoms with Gasteiger partial charge >= 0.3 is 0 Å². The number of pyridine rings is 1. The molecule has 0 fully saturated rings. The molecule has 0 unspecified atom stereocenters. The average Bonchev–Trinajstić information content (AvgIpc) is 2.64. The largest absolute Gasteiger partial charge is 0.362 e. The quantitative estimate of drug-likeness (QED) is 0.802. The smallest absolute Gasteiger partial charge is 0.146 e. The van der Waals surface area contributed by atoms with Crippen LogP contribution in [0.15, 0.2) is 24.8 Å². The number of imidazole rings is 1. The second-order valence-corrected chi connectivity index (χ2v) is 4.26. The van der Waals surface area contributed by atoms with Crippen LogP contribution in [0.4, 0.5) is 5.82 Å². The van der Waals surface area contributed by atoms with Gasteiger partial charge in [-0.05, 0) is 6.07 Å². The first kappa shape index (κ1) is 11.0. The number of aryl methyl sites for hydroxylation is 1. The molecule has 4 nitrogen and oxygen atoms in total. The van der Waals surface area contributed by atoms with E-state index >= 15 is 0 Å². The summed E-state index contributed by atoms with van der Waals surface area (Å²) < 4.78 is 1.89. The third-order valence-electron chi connectivity index (χ3n) is 2.25. The van der Waals surface area contributed by atoms with Crippen molar-refractivity contribution < 1.29 is 0 Å². The van der Waals surface area contributed by atoms with Gasteiger partial charge in [-0.3, -0.25) is 0 Å². The molecule has 0 aliphatic rings. The van der Waals surface area contributed by atoms with Gasteiger partial charge < -0.3 is 9.47 Å². The van der Waals surface area contributed by atoms with E-state index in [2.05, 4.69) is 9.97 Å². The number of anilines is 1. The molecule has 0 N–H and O–H groups in total. The van der Waals surface area contributed by atoms with Gasteiger partial charge in [-0.1, -0.05) is 11.6 Å². The average molecular weight is 237 g/mol. The van der Waals surface area contributed by atoms with E-state index in [-0.39, 0.29) is 0 Å². The Balaban J connectivity index is 2.42. The summed E-state index contributed by atoms with van der Waals surface area (Å²) in [5.74, 6) is 0.765. The lowest BCUT2D eigenvalue weighted by molar-refractivity contribution is 0.913. The number of aromatic nitrogens is 3. The predicted molar refractivity (Wildman–Crippen MR) is 65.8 cm³/mol. The monoisotopic (exact) mass is 236 g/mol. The molecule has 0 bridgehead atoms. The van der Waals surface area contributed by atoms with E-state index < -0.39 is 0 Å². The zero-order valence-corrected chi connectivity index (χ0v) is 10.2. The van der Waals surface area contributed by atoms with Gasteiger partial charge in [0.15, 0.2) is 0 Å². The first-order chi connectivity index (χ1) is 7.58. The molecule has 0 saturated heterocycles. The Morgan fingerprint density at radius 2 is 2.06 bits per heavy atom. The molecule has 84 valence electrons. The molecule has 16 heavy (non-hydrogen) atoms. The summed E-state index contributed by atoms with van der Waals surface area (Å²) in [7, 11) is 5.75. The van der Waals surface area contributed by atoms with Gasteiger partial charge in [-0.2, -0.15) is 0 Å². The summed E-state index contributed by atoms with van der Waals surface area (Å²) in [5, 5.41) is 0.633. The van der Waals surface area contributed by atoms with Crippen LogP contribution >= 0.6 is 11.6 Å². The molecule has 0 radical (unpaired) electrons. The Kier molecular flexibility index (Phi) is 2.83. The molecule has 0 amide bonds. The minimum atomic E-state index is 0.633. The maximum absolute atomic E-state index is 6.14. The fraction of sp³-hybridized carbons (Fsp3) is 0.273. The number of hydrogen-bond donors (Lipinski definition) is 0. The van der Waals surface area contributed by atoms with Gasteiger partial charge in [-0.25, -0.2) is 9.97 Å². The van der Waals surface area contributed by atoms with Gasteiger partial charge in [0, 0.05) is 39.1 Å². The molecular formula is C11H13ClN4. The van der Waals surface area contributed by atoms with E-state index in [0.717, 1.165) is 17.1 Å². The van der Waals surface area contributed by atoms with Crippen LogP contribution in [0.3, 0.4) is 0 Å². The molecule has 0 atom stereocenters. The van der Waals surface area contributed by atoms with Gasteiger partial charge in [0.25, 0.3) is 0 Å². The molecule has 0 aromatic carbocycles. The van der Waals surface area contributed by atoms with Crippen LogP contribution in [0.5, 0.6) is 0 Å². The Bertz CT molecular complexity index is 504. The van der Waals surface area contributed by atoms with Crippen LogP contribution in [0, 0.1) is 0 Å². The maximum atomic E-state index is 6.14. The molecule has 2 heterocycles. The predicted octanol–water partition coefficient (Wildman–Crippen LogP) is 2.20. The SMILES string of the molecule is CN(C)c1ncc(-c2cn(C)cn2)cc1Cl. The molecule has 0 spiro atoms. The summed E-state index contributed by atoms with van der Waals surface area (Å²) in [4.78, 5) is 10.4. The lowest BCUT2D eigenvalue weighted by atomic mass is 10.2. The van der Waals surface area contributed by atoms with Crippen LogP contribution in [-0.4, -0.2) is 28.6 Å². The van der Waals surface area contributed by atoms with E-state index in [1.54, 1.807) is 12.5 Å². The number of halogens is 1. The fourth-order valence-corrected chi connectivity index (χ4v) is 1.80. The molecule has 2 aromatic heterocycles. The van der Waals surface area contributed by atoms with Crippen molar-refractivity contribution in [2.45, 2.75) is 0 Å². The number of rotatable bonds is 2. The lowest BCUT2D eigenvalue weighted by Crippen LogP contribution is -2.11. The summed E-state index contributed by atoms with van der Waals surface area (Å²) in [5.41, 5.74) is 1.80. The van der Waals surface area contributed by atoms with E-state index in [4.69, 9.17) is 11.6 Å². The third kappa shape index (κ3) is 2.02. The summed E-state index contributed by atoms with van der Waals surface area (Å²) in [6.45, 7) is 0. The highest BCUT2D eigenvalue weighted by atomic mass is 35.5. The molecule has 2 rings (SSSR count). The van der Waals surface area contributed by atoms with Crippen LogP contribution in [0.2, 0.25) is 5.02 Å². The van der Waals surface area contributed by atoms with Gasteiger partial charge in [0.2, 0.25) is 0 Å². The normalized spacial score (nSPS) is 10.5. The van der Waals surface area contributed by atoms with E-state index in [0.29, 0.717) is 5.02 Å². The standard InChI is InChI=1S/C11H13ClN4/c1-15(2)11-9(12)4-8(5-13-11)10-6-16(3)7-14-10/h4-7H,1-3H3. The van der Waals surface area contributed by atoms with E-state index in [9.17, 15) is 0 Å². The molecule has 0 aliphatic carbocycles. The second kappa shape index (κ2) is 4.14. The topological polar surface area (TPSA) is 34.0 Å². The van der Waals surface area contributed by atoms with Crippen molar-refractivity contribution in [2.24, 2.45) is 7.05 Å². The van der Waals surface area contributed by atoms with E-state index in [1.165, 1.54) is 0 Å². The second-order valence-electron chi connectivity index (χ2n) is 3.85. The lowest BCUT2D eigenvalue weighted by Gasteiger charge is -2.13. The summed E-state index contributed by atoms with van der Waals surface area (Å²) >= 11 is 6.14.